The summed E-state index contributed by atoms with van der Waals surface area (Å²) in [6, 6.07) is 0. The number of carbonyl (C=O) groups excluding carboxylic acids is 2. The van der Waals surface area contributed by atoms with Crippen LogP contribution in [0.3, 0.4) is 0 Å². The fraction of sp³-hybridized carbons (Fsp3) is 0.706. The van der Waals surface area contributed by atoms with Gasteiger partial charge in [-0.2, -0.15) is 0 Å². The number of aliphatic hydroxyl groups excluding tert-OH is 1. The molecule has 7 heteroatoms. The number of piperidine rings is 2. The van der Waals surface area contributed by atoms with Crippen LogP contribution in [0.1, 0.15) is 48.9 Å². The number of aromatic nitrogens is 1. The van der Waals surface area contributed by atoms with Crippen LogP contribution in [0, 0.1) is 12.3 Å². The summed E-state index contributed by atoms with van der Waals surface area (Å²) in [5, 5.41) is 9.59. The maximum Gasteiger partial charge on any atom is 0.276 e. The smallest absolute Gasteiger partial charge is 0.276 e. The first kappa shape index (κ1) is 17.0. The van der Waals surface area contributed by atoms with Gasteiger partial charge in [-0.05, 0) is 38.5 Å². The number of hydrogen-bond donors (Lipinski definition) is 1. The molecule has 1 N–H and O–H groups in total. The predicted octanol–water partition coefficient (Wildman–Crippen LogP) is 1.21. The lowest BCUT2D eigenvalue weighted by molar-refractivity contribution is -0.140. The number of oxazole rings is 1. The molecule has 0 aromatic carbocycles. The van der Waals surface area contributed by atoms with Gasteiger partial charge in [0.05, 0.1) is 6.10 Å². The molecule has 3 heterocycles. The summed E-state index contributed by atoms with van der Waals surface area (Å²) in [6.45, 7) is 5.86. The highest BCUT2D eigenvalue weighted by atomic mass is 16.3. The topological polar surface area (TPSA) is 86.9 Å². The third-order valence-corrected chi connectivity index (χ3v) is 5.29. The van der Waals surface area contributed by atoms with Gasteiger partial charge >= 0.3 is 0 Å². The molecule has 0 bridgehead atoms. The Balaban J connectivity index is 1.63. The molecule has 1 aromatic heterocycles. The van der Waals surface area contributed by atoms with Gasteiger partial charge in [-0.1, -0.05) is 0 Å². The predicted molar refractivity (Wildman–Crippen MR) is 86.3 cm³/mol. The maximum absolute atomic E-state index is 12.5. The Morgan fingerprint density at radius 3 is 2.71 bits per heavy atom. The number of aryl methyl sites for hydroxylation is 1. The molecule has 2 amide bonds. The van der Waals surface area contributed by atoms with Crippen molar-refractivity contribution >= 4 is 11.8 Å². The number of rotatable bonds is 3. The average molecular weight is 335 g/mol. The SMILES string of the molecule is Cc1ocnc1C(=O)N1CCC2(CCC(=O)N(C[C@H](C)O)C2)CC1. The number of nitrogens with zero attached hydrogens (tertiary/aromatic N) is 3. The second-order valence-corrected chi connectivity index (χ2v) is 7.17. The third kappa shape index (κ3) is 3.31. The lowest BCUT2D eigenvalue weighted by atomic mass is 9.72. The van der Waals surface area contributed by atoms with Crippen LogP contribution in [0.25, 0.3) is 0 Å². The zero-order valence-corrected chi connectivity index (χ0v) is 14.3. The van der Waals surface area contributed by atoms with Gasteiger partial charge in [0, 0.05) is 32.6 Å². The molecular formula is C17H25N3O4. The van der Waals surface area contributed by atoms with Crippen molar-refractivity contribution in [1.29, 1.82) is 0 Å². The molecule has 2 fully saturated rings. The number of amides is 2. The molecule has 3 rings (SSSR count). The van der Waals surface area contributed by atoms with Gasteiger partial charge < -0.3 is 19.3 Å². The van der Waals surface area contributed by atoms with E-state index in [0.717, 1.165) is 19.3 Å². The van der Waals surface area contributed by atoms with Crippen LogP contribution < -0.4 is 0 Å². The minimum atomic E-state index is -0.513. The van der Waals surface area contributed by atoms with E-state index in [2.05, 4.69) is 4.98 Å². The van der Waals surface area contributed by atoms with Crippen molar-refractivity contribution in [2.75, 3.05) is 26.2 Å². The van der Waals surface area contributed by atoms with Gasteiger partial charge in [-0.15, -0.1) is 0 Å². The molecule has 0 aliphatic carbocycles. The Hall–Kier alpha value is -1.89. The highest BCUT2D eigenvalue weighted by Crippen LogP contribution is 2.40. The van der Waals surface area contributed by atoms with E-state index in [0.29, 0.717) is 44.1 Å². The molecule has 2 aliphatic rings. The van der Waals surface area contributed by atoms with E-state index < -0.39 is 6.10 Å². The monoisotopic (exact) mass is 335 g/mol. The van der Waals surface area contributed by atoms with E-state index in [1.807, 2.05) is 4.90 Å². The van der Waals surface area contributed by atoms with Gasteiger partial charge in [-0.3, -0.25) is 9.59 Å². The third-order valence-electron chi connectivity index (χ3n) is 5.29. The Morgan fingerprint density at radius 2 is 2.12 bits per heavy atom. The number of hydrogen-bond acceptors (Lipinski definition) is 5. The van der Waals surface area contributed by atoms with Gasteiger partial charge in [0.2, 0.25) is 5.91 Å². The standard InChI is InChI=1S/C17H25N3O4/c1-12(21)9-20-10-17(4-3-14(20)22)5-7-19(8-6-17)16(23)15-13(2)24-11-18-15/h11-12,21H,3-10H2,1-2H3/t12-/m0/s1. The Kier molecular flexibility index (Phi) is 4.62. The molecule has 1 spiro atoms. The molecule has 0 saturated carbocycles. The fourth-order valence-corrected chi connectivity index (χ4v) is 3.84. The van der Waals surface area contributed by atoms with Crippen molar-refractivity contribution in [2.24, 2.45) is 5.41 Å². The van der Waals surface area contributed by atoms with Crippen molar-refractivity contribution in [3.05, 3.63) is 17.8 Å². The highest BCUT2D eigenvalue weighted by molar-refractivity contribution is 5.93. The van der Waals surface area contributed by atoms with E-state index in [1.165, 1.54) is 6.39 Å². The van der Waals surface area contributed by atoms with Gasteiger partial charge in [-0.25, -0.2) is 4.98 Å². The molecule has 1 aromatic rings. The number of aliphatic hydroxyl groups is 1. The first-order chi connectivity index (χ1) is 11.4. The normalized spacial score (nSPS) is 22.0. The Morgan fingerprint density at radius 1 is 1.42 bits per heavy atom. The maximum atomic E-state index is 12.5. The van der Waals surface area contributed by atoms with Crippen molar-refractivity contribution in [1.82, 2.24) is 14.8 Å². The zero-order valence-electron chi connectivity index (χ0n) is 14.3. The number of likely N-dealkylation sites (tertiary alicyclic amines) is 2. The van der Waals surface area contributed by atoms with E-state index in [1.54, 1.807) is 18.7 Å². The summed E-state index contributed by atoms with van der Waals surface area (Å²) in [5.74, 6) is 0.591. The first-order valence-corrected chi connectivity index (χ1v) is 8.55. The van der Waals surface area contributed by atoms with Crippen LogP contribution >= 0.6 is 0 Å². The van der Waals surface area contributed by atoms with Crippen molar-refractivity contribution in [2.45, 2.75) is 45.6 Å². The van der Waals surface area contributed by atoms with E-state index >= 15 is 0 Å². The Bertz CT molecular complexity index is 617. The molecule has 7 nitrogen and oxygen atoms in total. The van der Waals surface area contributed by atoms with Gasteiger partial charge in [0.25, 0.3) is 5.91 Å². The number of carbonyl (C=O) groups is 2. The van der Waals surface area contributed by atoms with E-state index in [9.17, 15) is 14.7 Å². The van der Waals surface area contributed by atoms with Crippen LogP contribution in [-0.2, 0) is 4.79 Å². The minimum Gasteiger partial charge on any atom is -0.448 e. The van der Waals surface area contributed by atoms with Crippen LogP contribution in [0.15, 0.2) is 10.8 Å². The lowest BCUT2D eigenvalue weighted by Gasteiger charge is -2.47. The first-order valence-electron chi connectivity index (χ1n) is 8.55. The van der Waals surface area contributed by atoms with Crippen molar-refractivity contribution < 1.29 is 19.1 Å². The molecule has 0 unspecified atom stereocenters. The largest absolute Gasteiger partial charge is 0.448 e. The van der Waals surface area contributed by atoms with Gasteiger partial charge in [0.15, 0.2) is 12.1 Å². The van der Waals surface area contributed by atoms with Crippen molar-refractivity contribution in [3.63, 3.8) is 0 Å². The summed E-state index contributed by atoms with van der Waals surface area (Å²) in [5.41, 5.74) is 0.457. The summed E-state index contributed by atoms with van der Waals surface area (Å²) in [4.78, 5) is 32.2. The highest BCUT2D eigenvalue weighted by Gasteiger charge is 2.42. The average Bonchev–Trinajstić information content (AvgIpc) is 2.97. The van der Waals surface area contributed by atoms with Crippen molar-refractivity contribution in [3.8, 4) is 0 Å². The quantitative estimate of drug-likeness (QED) is 0.897. The van der Waals surface area contributed by atoms with Gasteiger partial charge in [0.1, 0.15) is 5.76 Å². The summed E-state index contributed by atoms with van der Waals surface area (Å²) < 4.78 is 5.12. The molecule has 132 valence electrons. The van der Waals surface area contributed by atoms with Crippen LogP contribution in [0.4, 0.5) is 0 Å². The minimum absolute atomic E-state index is 0.0679. The summed E-state index contributed by atoms with van der Waals surface area (Å²) in [7, 11) is 0. The van der Waals surface area contributed by atoms with Crippen LogP contribution in [0.2, 0.25) is 0 Å². The van der Waals surface area contributed by atoms with Crippen LogP contribution in [0.5, 0.6) is 0 Å². The molecular weight excluding hydrogens is 310 g/mol. The van der Waals surface area contributed by atoms with E-state index in [4.69, 9.17) is 4.42 Å². The fourth-order valence-electron chi connectivity index (χ4n) is 3.84. The second-order valence-electron chi connectivity index (χ2n) is 7.17. The number of β-amino-alcohol motifs (C(OH)–C–C–N with tert-alkyl or cyclic N) is 1. The lowest BCUT2D eigenvalue weighted by Crippen LogP contribution is -2.53. The summed E-state index contributed by atoms with van der Waals surface area (Å²) in [6.07, 6.45) is 3.93. The molecule has 2 aliphatic heterocycles. The summed E-state index contributed by atoms with van der Waals surface area (Å²) >= 11 is 0. The molecule has 1 atom stereocenters. The van der Waals surface area contributed by atoms with E-state index in [-0.39, 0.29) is 17.2 Å². The second kappa shape index (κ2) is 6.55. The van der Waals surface area contributed by atoms with Crippen LogP contribution in [-0.4, -0.2) is 64.0 Å². The Labute approximate surface area is 141 Å². The molecule has 0 radical (unpaired) electrons. The molecule has 2 saturated heterocycles. The zero-order chi connectivity index (χ0) is 17.3. The molecule has 24 heavy (non-hydrogen) atoms.